The number of hydrogen-bond donors (Lipinski definition) is 0. The summed E-state index contributed by atoms with van der Waals surface area (Å²) in [7, 11) is 0. The molecule has 0 aliphatic heterocycles. The van der Waals surface area contributed by atoms with Crippen molar-refractivity contribution in [2.24, 2.45) is 5.92 Å². The zero-order valence-electron chi connectivity index (χ0n) is 11.7. The van der Waals surface area contributed by atoms with Crippen molar-refractivity contribution in [3.63, 3.8) is 0 Å². The van der Waals surface area contributed by atoms with Crippen molar-refractivity contribution >= 4 is 6.29 Å². The molecule has 0 aromatic heterocycles. The summed E-state index contributed by atoms with van der Waals surface area (Å²) >= 11 is 0. The van der Waals surface area contributed by atoms with E-state index in [1.165, 1.54) is 19.3 Å². The van der Waals surface area contributed by atoms with Crippen molar-refractivity contribution in [1.29, 1.82) is 0 Å². The minimum absolute atomic E-state index is 0.634. The van der Waals surface area contributed by atoms with Crippen LogP contribution in [0.5, 0.6) is 5.75 Å². The molecule has 0 radical (unpaired) electrons. The summed E-state index contributed by atoms with van der Waals surface area (Å²) < 4.78 is 5.87. The van der Waals surface area contributed by atoms with Gasteiger partial charge in [-0.05, 0) is 43.0 Å². The number of hydrogen-bond acceptors (Lipinski definition) is 2. The van der Waals surface area contributed by atoms with Crippen LogP contribution in [-0.4, -0.2) is 12.9 Å². The summed E-state index contributed by atoms with van der Waals surface area (Å²) in [6.45, 7) is 7.19. The van der Waals surface area contributed by atoms with Gasteiger partial charge < -0.3 is 4.74 Å². The molecule has 18 heavy (non-hydrogen) atoms. The van der Waals surface area contributed by atoms with Crippen LogP contribution in [-0.2, 0) is 0 Å². The Morgan fingerprint density at radius 3 is 2.67 bits per heavy atom. The molecule has 100 valence electrons. The van der Waals surface area contributed by atoms with Crippen molar-refractivity contribution in [3.8, 4) is 5.75 Å². The Balaban J connectivity index is 2.53. The highest BCUT2D eigenvalue weighted by atomic mass is 16.5. The molecule has 0 amide bonds. The molecule has 2 heteroatoms. The van der Waals surface area contributed by atoms with Crippen molar-refractivity contribution < 1.29 is 9.53 Å². The van der Waals surface area contributed by atoms with Gasteiger partial charge in [-0.3, -0.25) is 4.79 Å². The minimum Gasteiger partial charge on any atom is -0.493 e. The quantitative estimate of drug-likeness (QED) is 0.637. The maximum atomic E-state index is 10.7. The van der Waals surface area contributed by atoms with E-state index in [0.717, 1.165) is 30.6 Å². The molecular weight excluding hydrogens is 224 g/mol. The summed E-state index contributed by atoms with van der Waals surface area (Å²) in [4.78, 5) is 10.7. The Morgan fingerprint density at radius 2 is 2.11 bits per heavy atom. The molecule has 1 rings (SSSR count). The number of carbonyl (C=O) groups is 1. The number of carbonyl (C=O) groups excluding carboxylic acids is 1. The molecule has 0 heterocycles. The lowest BCUT2D eigenvalue weighted by Gasteiger charge is -2.16. The summed E-state index contributed by atoms with van der Waals surface area (Å²) in [5.41, 5.74) is 1.74. The van der Waals surface area contributed by atoms with Gasteiger partial charge >= 0.3 is 0 Å². The van der Waals surface area contributed by atoms with Crippen LogP contribution < -0.4 is 4.74 Å². The van der Waals surface area contributed by atoms with Crippen LogP contribution in [0.15, 0.2) is 18.2 Å². The van der Waals surface area contributed by atoms with E-state index < -0.39 is 0 Å². The van der Waals surface area contributed by atoms with Crippen LogP contribution >= 0.6 is 0 Å². The molecule has 2 nitrogen and oxygen atoms in total. The van der Waals surface area contributed by atoms with Crippen molar-refractivity contribution in [2.45, 2.75) is 46.5 Å². The predicted molar refractivity (Wildman–Crippen MR) is 75.4 cm³/mol. The molecule has 0 saturated heterocycles. The lowest BCUT2D eigenvalue weighted by Crippen LogP contribution is -2.11. The number of benzene rings is 1. The molecule has 0 aliphatic carbocycles. The average molecular weight is 248 g/mol. The van der Waals surface area contributed by atoms with Crippen molar-refractivity contribution in [1.82, 2.24) is 0 Å². The smallest absolute Gasteiger partial charge is 0.150 e. The third kappa shape index (κ3) is 4.52. The largest absolute Gasteiger partial charge is 0.493 e. The molecule has 0 aliphatic rings. The molecule has 1 aromatic carbocycles. The Morgan fingerprint density at radius 1 is 1.33 bits per heavy atom. The molecule has 1 unspecified atom stereocenters. The van der Waals surface area contributed by atoms with E-state index in [0.29, 0.717) is 11.5 Å². The average Bonchev–Trinajstić information content (AvgIpc) is 2.40. The third-order valence-electron chi connectivity index (χ3n) is 3.35. The van der Waals surface area contributed by atoms with E-state index in [-0.39, 0.29) is 0 Å². The number of unbranched alkanes of at least 4 members (excludes halogenated alkanes) is 1. The summed E-state index contributed by atoms with van der Waals surface area (Å²) in [6.07, 6.45) is 5.77. The van der Waals surface area contributed by atoms with Gasteiger partial charge in [0.05, 0.1) is 6.61 Å². The molecule has 0 N–H and O–H groups in total. The lowest BCUT2D eigenvalue weighted by atomic mass is 10.0. The highest BCUT2D eigenvalue weighted by Gasteiger charge is 2.08. The number of ether oxygens (including phenoxy) is 1. The summed E-state index contributed by atoms with van der Waals surface area (Å²) in [6, 6.07) is 5.57. The SMILES string of the molecule is CCCCC(CC)COc1ccc(C=O)cc1C. The van der Waals surface area contributed by atoms with Crippen LogP contribution in [0, 0.1) is 12.8 Å². The van der Waals surface area contributed by atoms with Gasteiger partial charge in [0, 0.05) is 5.56 Å². The molecular formula is C16H24O2. The fourth-order valence-electron chi connectivity index (χ4n) is 2.01. The minimum atomic E-state index is 0.634. The third-order valence-corrected chi connectivity index (χ3v) is 3.35. The second kappa shape index (κ2) is 7.91. The molecule has 0 spiro atoms. The van der Waals surface area contributed by atoms with E-state index in [1.807, 2.05) is 25.1 Å². The lowest BCUT2D eigenvalue weighted by molar-refractivity contribution is 0.112. The van der Waals surface area contributed by atoms with E-state index in [1.54, 1.807) is 0 Å². The second-order valence-electron chi connectivity index (χ2n) is 4.87. The monoisotopic (exact) mass is 248 g/mol. The van der Waals surface area contributed by atoms with E-state index >= 15 is 0 Å². The molecule has 0 bridgehead atoms. The first kappa shape index (κ1) is 14.7. The van der Waals surface area contributed by atoms with Crippen LogP contribution in [0.1, 0.15) is 55.5 Å². The Hall–Kier alpha value is -1.31. The fourth-order valence-corrected chi connectivity index (χ4v) is 2.01. The number of rotatable bonds is 8. The predicted octanol–water partition coefficient (Wildman–Crippen LogP) is 4.40. The van der Waals surface area contributed by atoms with Crippen LogP contribution in [0.3, 0.4) is 0 Å². The Kier molecular flexibility index (Phi) is 6.48. The first-order chi connectivity index (χ1) is 8.71. The standard InChI is InChI=1S/C16H24O2/c1-4-6-7-14(5-2)12-18-16-9-8-15(11-17)10-13(16)3/h8-11,14H,4-7,12H2,1-3H3. The second-order valence-corrected chi connectivity index (χ2v) is 4.87. The van der Waals surface area contributed by atoms with Crippen molar-refractivity contribution in [2.75, 3.05) is 6.61 Å². The van der Waals surface area contributed by atoms with E-state index in [4.69, 9.17) is 4.74 Å². The van der Waals surface area contributed by atoms with E-state index in [2.05, 4.69) is 13.8 Å². The zero-order valence-corrected chi connectivity index (χ0v) is 11.7. The Labute approximate surface area is 110 Å². The molecule has 1 atom stereocenters. The highest BCUT2D eigenvalue weighted by molar-refractivity contribution is 5.75. The molecule has 0 fully saturated rings. The van der Waals surface area contributed by atoms with Crippen LogP contribution in [0.2, 0.25) is 0 Å². The first-order valence-electron chi connectivity index (χ1n) is 6.89. The van der Waals surface area contributed by atoms with Gasteiger partial charge in [-0.25, -0.2) is 0 Å². The van der Waals surface area contributed by atoms with Gasteiger partial charge in [0.2, 0.25) is 0 Å². The Bertz CT molecular complexity index is 371. The molecule has 1 aromatic rings. The summed E-state index contributed by atoms with van der Waals surface area (Å²) in [5, 5.41) is 0. The fraction of sp³-hybridized carbons (Fsp3) is 0.562. The van der Waals surface area contributed by atoms with E-state index in [9.17, 15) is 4.79 Å². The van der Waals surface area contributed by atoms with Gasteiger partial charge in [-0.15, -0.1) is 0 Å². The molecule has 0 saturated carbocycles. The van der Waals surface area contributed by atoms with Gasteiger partial charge in [-0.2, -0.15) is 0 Å². The first-order valence-corrected chi connectivity index (χ1v) is 6.89. The number of aryl methyl sites for hydroxylation is 1. The van der Waals surface area contributed by atoms with Crippen LogP contribution in [0.4, 0.5) is 0 Å². The zero-order chi connectivity index (χ0) is 13.4. The topological polar surface area (TPSA) is 26.3 Å². The van der Waals surface area contributed by atoms with Gasteiger partial charge in [-0.1, -0.05) is 33.1 Å². The number of aldehydes is 1. The van der Waals surface area contributed by atoms with Gasteiger partial charge in [0.25, 0.3) is 0 Å². The van der Waals surface area contributed by atoms with Gasteiger partial charge in [0.1, 0.15) is 12.0 Å². The maximum Gasteiger partial charge on any atom is 0.150 e. The normalized spacial score (nSPS) is 12.2. The van der Waals surface area contributed by atoms with Crippen LogP contribution in [0.25, 0.3) is 0 Å². The summed E-state index contributed by atoms with van der Waals surface area (Å²) in [5.74, 6) is 1.53. The van der Waals surface area contributed by atoms with Crippen molar-refractivity contribution in [3.05, 3.63) is 29.3 Å². The van der Waals surface area contributed by atoms with Gasteiger partial charge in [0.15, 0.2) is 0 Å². The maximum absolute atomic E-state index is 10.7. The highest BCUT2D eigenvalue weighted by Crippen LogP contribution is 2.21.